The molecule has 0 aromatic heterocycles. The molecule has 2 aliphatic rings. The number of hydrogen-bond donors (Lipinski definition) is 0. The van der Waals surface area contributed by atoms with Gasteiger partial charge in [-0.3, -0.25) is 9.59 Å². The Kier molecular flexibility index (Phi) is 6.52. The van der Waals surface area contributed by atoms with Gasteiger partial charge in [-0.05, 0) is 12.8 Å². The van der Waals surface area contributed by atoms with E-state index in [0.29, 0.717) is 19.0 Å². The molecule has 1 saturated carbocycles. The molecule has 2 fully saturated rings. The number of amides is 1. The van der Waals surface area contributed by atoms with Gasteiger partial charge in [-0.15, -0.1) is 0 Å². The first kappa shape index (κ1) is 16.3. The summed E-state index contributed by atoms with van der Waals surface area (Å²) in [5.74, 6) is -0.339. The number of rotatable bonds is 2. The first-order chi connectivity index (χ1) is 10.2. The van der Waals surface area contributed by atoms with Crippen LogP contribution in [0.2, 0.25) is 0 Å². The second kappa shape index (κ2) is 8.40. The number of ether oxygens (including phenoxy) is 1. The van der Waals surface area contributed by atoms with E-state index in [9.17, 15) is 9.59 Å². The van der Waals surface area contributed by atoms with Gasteiger partial charge in [0.15, 0.2) is 0 Å². The molecule has 4 nitrogen and oxygen atoms in total. The molecular weight excluding hydrogens is 266 g/mol. The van der Waals surface area contributed by atoms with E-state index in [-0.39, 0.29) is 17.8 Å². The Hall–Kier alpha value is -1.06. The SMILES string of the molecule is COC(=O)C1CC(=O)N(C2CCCCCCCCCC2)C1. The molecule has 1 saturated heterocycles. The van der Waals surface area contributed by atoms with Crippen molar-refractivity contribution in [3.63, 3.8) is 0 Å². The lowest BCUT2D eigenvalue weighted by Gasteiger charge is -2.28. The summed E-state index contributed by atoms with van der Waals surface area (Å²) in [5.41, 5.74) is 0. The summed E-state index contributed by atoms with van der Waals surface area (Å²) in [6.07, 6.45) is 12.9. The number of hydrogen-bond acceptors (Lipinski definition) is 3. The summed E-state index contributed by atoms with van der Waals surface area (Å²) in [4.78, 5) is 25.9. The molecule has 1 aliphatic carbocycles. The third kappa shape index (κ3) is 4.72. The average molecular weight is 295 g/mol. The number of carbonyl (C=O) groups is 2. The van der Waals surface area contributed by atoms with Crippen molar-refractivity contribution in [1.29, 1.82) is 0 Å². The predicted molar refractivity (Wildman–Crippen MR) is 81.8 cm³/mol. The van der Waals surface area contributed by atoms with Crippen LogP contribution in [0.3, 0.4) is 0 Å². The maximum atomic E-state index is 12.2. The van der Waals surface area contributed by atoms with Crippen LogP contribution in [0.15, 0.2) is 0 Å². The smallest absolute Gasteiger partial charge is 0.310 e. The summed E-state index contributed by atoms with van der Waals surface area (Å²) in [6.45, 7) is 0.566. The van der Waals surface area contributed by atoms with Gasteiger partial charge >= 0.3 is 5.97 Å². The van der Waals surface area contributed by atoms with Gasteiger partial charge in [0, 0.05) is 19.0 Å². The average Bonchev–Trinajstić information content (AvgIpc) is 2.84. The van der Waals surface area contributed by atoms with Gasteiger partial charge in [0.05, 0.1) is 13.0 Å². The quantitative estimate of drug-likeness (QED) is 0.734. The van der Waals surface area contributed by atoms with Crippen molar-refractivity contribution in [1.82, 2.24) is 4.90 Å². The highest BCUT2D eigenvalue weighted by molar-refractivity contribution is 5.86. The first-order valence-electron chi connectivity index (χ1n) is 8.59. The molecule has 0 bridgehead atoms. The molecule has 1 aliphatic heterocycles. The van der Waals surface area contributed by atoms with Crippen LogP contribution in [0.25, 0.3) is 0 Å². The van der Waals surface area contributed by atoms with Gasteiger partial charge in [-0.1, -0.05) is 51.4 Å². The van der Waals surface area contributed by atoms with Crippen molar-refractivity contribution in [3.8, 4) is 0 Å². The molecule has 0 aromatic carbocycles. The van der Waals surface area contributed by atoms with Gasteiger partial charge in [-0.2, -0.15) is 0 Å². The molecule has 0 radical (unpaired) electrons. The zero-order valence-corrected chi connectivity index (χ0v) is 13.3. The molecule has 0 spiro atoms. The van der Waals surface area contributed by atoms with E-state index in [1.807, 2.05) is 4.90 Å². The highest BCUT2D eigenvalue weighted by Gasteiger charge is 2.38. The fraction of sp³-hybridized carbons (Fsp3) is 0.882. The zero-order chi connectivity index (χ0) is 15.1. The molecule has 1 heterocycles. The largest absolute Gasteiger partial charge is 0.469 e. The van der Waals surface area contributed by atoms with Crippen molar-refractivity contribution < 1.29 is 14.3 Å². The lowest BCUT2D eigenvalue weighted by atomic mass is 10.0. The van der Waals surface area contributed by atoms with E-state index in [2.05, 4.69) is 0 Å². The Bertz CT molecular complexity index is 344. The topological polar surface area (TPSA) is 46.6 Å². The summed E-state index contributed by atoms with van der Waals surface area (Å²) < 4.78 is 4.80. The second-order valence-electron chi connectivity index (χ2n) is 6.53. The molecule has 0 N–H and O–H groups in total. The van der Waals surface area contributed by atoms with E-state index in [4.69, 9.17) is 4.74 Å². The molecule has 2 rings (SSSR count). The van der Waals surface area contributed by atoms with Gasteiger partial charge in [-0.25, -0.2) is 0 Å². The molecule has 120 valence electrons. The lowest BCUT2D eigenvalue weighted by molar-refractivity contribution is -0.145. The maximum Gasteiger partial charge on any atom is 0.310 e. The molecule has 0 aromatic rings. The highest BCUT2D eigenvalue weighted by atomic mass is 16.5. The predicted octanol–water partition coefficient (Wildman–Crippen LogP) is 3.29. The fourth-order valence-corrected chi connectivity index (χ4v) is 3.69. The Labute approximate surface area is 128 Å². The second-order valence-corrected chi connectivity index (χ2v) is 6.53. The van der Waals surface area contributed by atoms with Crippen molar-refractivity contribution in [3.05, 3.63) is 0 Å². The number of nitrogens with zero attached hydrogens (tertiary/aromatic N) is 1. The summed E-state index contributed by atoms with van der Waals surface area (Å²) >= 11 is 0. The monoisotopic (exact) mass is 295 g/mol. The van der Waals surface area contributed by atoms with Crippen molar-refractivity contribution in [2.75, 3.05) is 13.7 Å². The van der Waals surface area contributed by atoms with Crippen molar-refractivity contribution >= 4 is 11.9 Å². The summed E-state index contributed by atoms with van der Waals surface area (Å²) in [6, 6.07) is 0.338. The van der Waals surface area contributed by atoms with E-state index in [1.54, 1.807) is 0 Å². The molecule has 1 atom stereocenters. The maximum absolute atomic E-state index is 12.2. The van der Waals surface area contributed by atoms with Gasteiger partial charge in [0.1, 0.15) is 0 Å². The minimum Gasteiger partial charge on any atom is -0.469 e. The van der Waals surface area contributed by atoms with Crippen LogP contribution in [0.5, 0.6) is 0 Å². The zero-order valence-electron chi connectivity index (χ0n) is 13.3. The Morgan fingerprint density at radius 2 is 1.52 bits per heavy atom. The lowest BCUT2D eigenvalue weighted by Crippen LogP contribution is -2.37. The van der Waals surface area contributed by atoms with Crippen LogP contribution in [-0.2, 0) is 14.3 Å². The normalized spacial score (nSPS) is 26.4. The van der Waals surface area contributed by atoms with Crippen LogP contribution >= 0.6 is 0 Å². The van der Waals surface area contributed by atoms with E-state index in [0.717, 1.165) is 12.8 Å². The molecule has 1 unspecified atom stereocenters. The number of likely N-dealkylation sites (tertiary alicyclic amines) is 1. The van der Waals surface area contributed by atoms with Crippen LogP contribution in [-0.4, -0.2) is 36.5 Å². The Balaban J connectivity index is 1.93. The Morgan fingerprint density at radius 3 is 2.05 bits per heavy atom. The highest BCUT2D eigenvalue weighted by Crippen LogP contribution is 2.27. The van der Waals surface area contributed by atoms with E-state index in [1.165, 1.54) is 58.5 Å². The van der Waals surface area contributed by atoms with Crippen LogP contribution in [0, 0.1) is 5.92 Å². The van der Waals surface area contributed by atoms with Crippen LogP contribution in [0.4, 0.5) is 0 Å². The summed E-state index contributed by atoms with van der Waals surface area (Å²) in [7, 11) is 1.41. The summed E-state index contributed by atoms with van der Waals surface area (Å²) in [5, 5.41) is 0. The Morgan fingerprint density at radius 1 is 1.00 bits per heavy atom. The minimum absolute atomic E-state index is 0.144. The van der Waals surface area contributed by atoms with Crippen LogP contribution in [0.1, 0.15) is 70.6 Å². The van der Waals surface area contributed by atoms with E-state index >= 15 is 0 Å². The van der Waals surface area contributed by atoms with Crippen LogP contribution < -0.4 is 0 Å². The molecule has 21 heavy (non-hydrogen) atoms. The number of esters is 1. The third-order valence-corrected chi connectivity index (χ3v) is 4.96. The third-order valence-electron chi connectivity index (χ3n) is 4.96. The minimum atomic E-state index is -0.249. The van der Waals surface area contributed by atoms with Crippen molar-refractivity contribution in [2.24, 2.45) is 5.92 Å². The van der Waals surface area contributed by atoms with Gasteiger partial charge in [0.2, 0.25) is 5.91 Å². The fourth-order valence-electron chi connectivity index (χ4n) is 3.69. The number of carbonyl (C=O) groups excluding carboxylic acids is 2. The molecule has 1 amide bonds. The van der Waals surface area contributed by atoms with Crippen molar-refractivity contribution in [2.45, 2.75) is 76.7 Å². The molecular formula is C17H29NO3. The standard InChI is InChI=1S/C17H29NO3/c1-21-17(20)14-12-16(19)18(13-14)15-10-8-6-4-2-3-5-7-9-11-15/h14-15H,2-13H2,1H3. The van der Waals surface area contributed by atoms with Gasteiger partial charge in [0.25, 0.3) is 0 Å². The number of methoxy groups -OCH3 is 1. The first-order valence-corrected chi connectivity index (χ1v) is 8.59. The van der Waals surface area contributed by atoms with Gasteiger partial charge < -0.3 is 9.64 Å². The molecule has 4 heteroatoms. The van der Waals surface area contributed by atoms with E-state index < -0.39 is 0 Å².